The van der Waals surface area contributed by atoms with Gasteiger partial charge in [0, 0.05) is 17.5 Å². The van der Waals surface area contributed by atoms with Gasteiger partial charge in [0.2, 0.25) is 0 Å². The molecule has 1 aromatic carbocycles. The van der Waals surface area contributed by atoms with Gasteiger partial charge in [-0.2, -0.15) is 0 Å². The number of hydrogen-bond donors (Lipinski definition) is 1. The number of hydrogen-bond acceptors (Lipinski definition) is 3. The number of halogens is 1. The second-order valence-corrected chi connectivity index (χ2v) is 2.48. The number of benzene rings is 1. The van der Waals surface area contributed by atoms with Gasteiger partial charge in [-0.15, -0.1) is 12.4 Å². The van der Waals surface area contributed by atoms with E-state index in [1.165, 1.54) is 12.1 Å². The molecule has 2 rings (SSSR count). The zero-order chi connectivity index (χ0) is 8.55. The third-order valence-electron chi connectivity index (χ3n) is 1.61. The summed E-state index contributed by atoms with van der Waals surface area (Å²) in [5, 5.41) is 9.86. The molecule has 0 aliphatic rings. The summed E-state index contributed by atoms with van der Waals surface area (Å²) in [5.41, 5.74) is -0.00407. The average Bonchev–Trinajstić information content (AvgIpc) is 2.03. The van der Waals surface area contributed by atoms with Crippen molar-refractivity contribution in [1.82, 2.24) is 0 Å². The molecule has 0 fully saturated rings. The molecule has 1 heterocycles. The van der Waals surface area contributed by atoms with Crippen molar-refractivity contribution in [2.45, 2.75) is 0 Å². The van der Waals surface area contributed by atoms with Gasteiger partial charge < -0.3 is 9.52 Å². The summed E-state index contributed by atoms with van der Waals surface area (Å²) < 4.78 is 4.83. The molecule has 3 nitrogen and oxygen atoms in total. The Bertz CT molecular complexity index is 475. The van der Waals surface area contributed by atoms with E-state index in [4.69, 9.17) is 9.52 Å². The van der Waals surface area contributed by atoms with Crippen LogP contribution >= 0.6 is 12.4 Å². The van der Waals surface area contributed by atoms with Crippen LogP contribution < -0.4 is 5.63 Å². The maximum absolute atomic E-state index is 10.7. The summed E-state index contributed by atoms with van der Waals surface area (Å²) in [5.74, 6) is 0.0943. The Morgan fingerprint density at radius 3 is 2.62 bits per heavy atom. The third kappa shape index (κ3) is 1.81. The fraction of sp³-hybridized carbons (Fsp3) is 0. The monoisotopic (exact) mass is 198 g/mol. The standard InChI is InChI=1S/C9H6O3.ClH/c10-7-3-1-6-2-4-9(11)12-8(6)5-7;/h1-5,10H;1H. The SMILES string of the molecule is Cl.O=c1ccc2ccc(O)cc2o1. The van der Waals surface area contributed by atoms with Gasteiger partial charge in [0.1, 0.15) is 11.3 Å². The highest BCUT2D eigenvalue weighted by atomic mass is 35.5. The first kappa shape index (κ1) is 9.61. The summed E-state index contributed by atoms with van der Waals surface area (Å²) in [7, 11) is 0. The Hall–Kier alpha value is -1.48. The van der Waals surface area contributed by atoms with E-state index in [9.17, 15) is 4.79 Å². The molecule has 1 N–H and O–H groups in total. The predicted octanol–water partition coefficient (Wildman–Crippen LogP) is 1.92. The molecular formula is C9H7ClO3. The zero-order valence-corrected chi connectivity index (χ0v) is 7.38. The van der Waals surface area contributed by atoms with Crippen molar-refractivity contribution in [3.8, 4) is 5.75 Å². The van der Waals surface area contributed by atoms with Crippen molar-refractivity contribution >= 4 is 23.4 Å². The maximum Gasteiger partial charge on any atom is 0.336 e. The maximum atomic E-state index is 10.7. The minimum absolute atomic E-state index is 0. The molecule has 1 aromatic heterocycles. The van der Waals surface area contributed by atoms with Crippen LogP contribution in [-0.2, 0) is 0 Å². The predicted molar refractivity (Wildman–Crippen MR) is 51.4 cm³/mol. The summed E-state index contributed by atoms with van der Waals surface area (Å²) in [6.45, 7) is 0. The summed E-state index contributed by atoms with van der Waals surface area (Å²) >= 11 is 0. The highest BCUT2D eigenvalue weighted by molar-refractivity contribution is 5.85. The molecule has 0 amide bonds. The number of fused-ring (bicyclic) bond motifs is 1. The molecule has 0 saturated carbocycles. The largest absolute Gasteiger partial charge is 0.508 e. The van der Waals surface area contributed by atoms with E-state index in [1.807, 2.05) is 0 Å². The molecule has 0 aliphatic heterocycles. The quantitative estimate of drug-likeness (QED) is 0.658. The number of phenolic OH excluding ortho intramolecular Hbond substituents is 1. The van der Waals surface area contributed by atoms with E-state index < -0.39 is 5.63 Å². The molecular weight excluding hydrogens is 192 g/mol. The van der Waals surface area contributed by atoms with Crippen LogP contribution in [0.3, 0.4) is 0 Å². The van der Waals surface area contributed by atoms with Crippen LogP contribution in [0.15, 0.2) is 39.5 Å². The van der Waals surface area contributed by atoms with Crippen LogP contribution in [0.5, 0.6) is 5.75 Å². The van der Waals surface area contributed by atoms with E-state index in [0.29, 0.717) is 5.58 Å². The van der Waals surface area contributed by atoms with E-state index in [1.54, 1.807) is 18.2 Å². The van der Waals surface area contributed by atoms with Gasteiger partial charge in [-0.3, -0.25) is 0 Å². The lowest BCUT2D eigenvalue weighted by molar-refractivity contribution is 0.473. The van der Waals surface area contributed by atoms with Crippen LogP contribution in [0.4, 0.5) is 0 Å². The smallest absolute Gasteiger partial charge is 0.336 e. The van der Waals surface area contributed by atoms with Crippen LogP contribution in [0.25, 0.3) is 11.0 Å². The van der Waals surface area contributed by atoms with Gasteiger partial charge in [0.05, 0.1) is 0 Å². The van der Waals surface area contributed by atoms with Crippen molar-refractivity contribution in [3.63, 3.8) is 0 Å². The Morgan fingerprint density at radius 2 is 1.85 bits per heavy atom. The Labute approximate surface area is 80.0 Å². The first-order valence-electron chi connectivity index (χ1n) is 3.48. The number of phenols is 1. The highest BCUT2D eigenvalue weighted by Crippen LogP contribution is 2.17. The summed E-state index contributed by atoms with van der Waals surface area (Å²) in [4.78, 5) is 10.7. The lowest BCUT2D eigenvalue weighted by Crippen LogP contribution is -1.93. The molecule has 0 saturated heterocycles. The first-order valence-corrected chi connectivity index (χ1v) is 3.48. The fourth-order valence-electron chi connectivity index (χ4n) is 1.05. The molecule has 0 bridgehead atoms. The molecule has 0 radical (unpaired) electrons. The van der Waals surface area contributed by atoms with Crippen LogP contribution in [0, 0.1) is 0 Å². The Morgan fingerprint density at radius 1 is 1.15 bits per heavy atom. The van der Waals surface area contributed by atoms with E-state index in [0.717, 1.165) is 5.39 Å². The normalized spacial score (nSPS) is 9.54. The van der Waals surface area contributed by atoms with Gasteiger partial charge in [0.15, 0.2) is 0 Å². The topological polar surface area (TPSA) is 50.4 Å². The van der Waals surface area contributed by atoms with E-state index in [2.05, 4.69) is 0 Å². The van der Waals surface area contributed by atoms with E-state index in [-0.39, 0.29) is 18.2 Å². The van der Waals surface area contributed by atoms with Crippen molar-refractivity contribution < 1.29 is 9.52 Å². The van der Waals surface area contributed by atoms with Crippen molar-refractivity contribution in [1.29, 1.82) is 0 Å². The van der Waals surface area contributed by atoms with Gasteiger partial charge in [-0.1, -0.05) is 0 Å². The lowest BCUT2D eigenvalue weighted by atomic mass is 10.2. The van der Waals surface area contributed by atoms with Crippen molar-refractivity contribution in [2.75, 3.05) is 0 Å². The molecule has 13 heavy (non-hydrogen) atoms. The van der Waals surface area contributed by atoms with Gasteiger partial charge >= 0.3 is 5.63 Å². The molecule has 68 valence electrons. The second-order valence-electron chi connectivity index (χ2n) is 2.48. The van der Waals surface area contributed by atoms with Crippen LogP contribution in [0.2, 0.25) is 0 Å². The molecule has 0 atom stereocenters. The van der Waals surface area contributed by atoms with Crippen molar-refractivity contribution in [3.05, 3.63) is 40.8 Å². The zero-order valence-electron chi connectivity index (χ0n) is 6.56. The summed E-state index contributed by atoms with van der Waals surface area (Å²) in [6, 6.07) is 7.65. The first-order chi connectivity index (χ1) is 5.75. The van der Waals surface area contributed by atoms with Crippen LogP contribution in [0.1, 0.15) is 0 Å². The minimum atomic E-state index is -0.409. The molecule has 0 unspecified atom stereocenters. The van der Waals surface area contributed by atoms with Crippen LogP contribution in [-0.4, -0.2) is 5.11 Å². The fourth-order valence-corrected chi connectivity index (χ4v) is 1.05. The molecule has 0 aliphatic carbocycles. The molecule has 0 spiro atoms. The average molecular weight is 199 g/mol. The Kier molecular flexibility index (Phi) is 2.58. The van der Waals surface area contributed by atoms with Gasteiger partial charge in [-0.25, -0.2) is 4.79 Å². The Balaban J connectivity index is 0.000000845. The number of aromatic hydroxyl groups is 1. The van der Waals surface area contributed by atoms with Gasteiger partial charge in [0.25, 0.3) is 0 Å². The van der Waals surface area contributed by atoms with Gasteiger partial charge in [-0.05, 0) is 18.2 Å². The summed E-state index contributed by atoms with van der Waals surface area (Å²) in [6.07, 6.45) is 0. The lowest BCUT2D eigenvalue weighted by Gasteiger charge is -1.94. The second kappa shape index (κ2) is 3.49. The molecule has 2 aromatic rings. The third-order valence-corrected chi connectivity index (χ3v) is 1.61. The number of rotatable bonds is 0. The molecule has 4 heteroatoms. The minimum Gasteiger partial charge on any atom is -0.508 e. The van der Waals surface area contributed by atoms with Crippen molar-refractivity contribution in [2.24, 2.45) is 0 Å². The highest BCUT2D eigenvalue weighted by Gasteiger charge is 1.96. The van der Waals surface area contributed by atoms with E-state index >= 15 is 0 Å².